The quantitative estimate of drug-likeness (QED) is 0.605. The van der Waals surface area contributed by atoms with Gasteiger partial charge >= 0.3 is 0 Å². The van der Waals surface area contributed by atoms with Crippen molar-refractivity contribution in [1.29, 1.82) is 0 Å². The average Bonchev–Trinajstić information content (AvgIpc) is 2.68. The van der Waals surface area contributed by atoms with Crippen molar-refractivity contribution in [3.8, 4) is 0 Å². The van der Waals surface area contributed by atoms with Gasteiger partial charge in [0, 0.05) is 12.8 Å². The Morgan fingerprint density at radius 3 is 2.91 bits per heavy atom. The molecule has 0 unspecified atom stereocenters. The summed E-state index contributed by atoms with van der Waals surface area (Å²) < 4.78 is 5.21. The van der Waals surface area contributed by atoms with Crippen LogP contribution >= 0.6 is 0 Å². The van der Waals surface area contributed by atoms with Crippen LogP contribution in [0.25, 0.3) is 0 Å². The molecule has 0 aromatic carbocycles. The Morgan fingerprint density at radius 2 is 2.45 bits per heavy atom. The molecule has 2 rings (SSSR count). The predicted octanol–water partition coefficient (Wildman–Crippen LogP) is 1.75. The van der Waals surface area contributed by atoms with Crippen molar-refractivity contribution in [2.75, 3.05) is 0 Å². The summed E-state index contributed by atoms with van der Waals surface area (Å²) in [5, 5.41) is 0. The molecular formula is C8H9NO2. The lowest BCUT2D eigenvalue weighted by atomic mass is 10.4. The summed E-state index contributed by atoms with van der Waals surface area (Å²) in [6, 6.07) is 0. The molecule has 0 saturated heterocycles. The van der Waals surface area contributed by atoms with Crippen molar-refractivity contribution in [1.82, 2.24) is 4.98 Å². The van der Waals surface area contributed by atoms with Gasteiger partial charge in [0.1, 0.15) is 0 Å². The monoisotopic (exact) mass is 151 g/mol. The van der Waals surface area contributed by atoms with Crippen LogP contribution in [0.1, 0.15) is 42.1 Å². The zero-order valence-electron chi connectivity index (χ0n) is 6.33. The number of rotatable bonds is 2. The minimum absolute atomic E-state index is 0.0515. The van der Waals surface area contributed by atoms with Gasteiger partial charge in [0.05, 0.1) is 6.20 Å². The Bertz CT molecular complexity index is 286. The summed E-state index contributed by atoms with van der Waals surface area (Å²) >= 11 is 0. The first-order valence-corrected chi connectivity index (χ1v) is 3.74. The van der Waals surface area contributed by atoms with E-state index in [9.17, 15) is 4.79 Å². The minimum Gasteiger partial charge on any atom is -0.437 e. The third kappa shape index (κ3) is 1.18. The lowest BCUT2D eigenvalue weighted by Crippen LogP contribution is -1.86. The molecule has 1 aliphatic rings. The second kappa shape index (κ2) is 2.19. The molecule has 0 atom stereocenters. The molecule has 1 heterocycles. The first kappa shape index (κ1) is 6.58. The predicted molar refractivity (Wildman–Crippen MR) is 38.5 cm³/mol. The van der Waals surface area contributed by atoms with Gasteiger partial charge in [-0.05, 0) is 12.8 Å². The van der Waals surface area contributed by atoms with Crippen LogP contribution in [-0.2, 0) is 0 Å². The fourth-order valence-corrected chi connectivity index (χ4v) is 0.969. The van der Waals surface area contributed by atoms with Crippen LogP contribution in [0.2, 0.25) is 0 Å². The normalized spacial score (nSPS) is 16.8. The Morgan fingerprint density at radius 1 is 1.73 bits per heavy atom. The molecule has 0 aliphatic heterocycles. The molecular weight excluding hydrogens is 142 g/mol. The Labute approximate surface area is 64.4 Å². The van der Waals surface area contributed by atoms with Crippen LogP contribution < -0.4 is 0 Å². The van der Waals surface area contributed by atoms with Crippen molar-refractivity contribution < 1.29 is 9.21 Å². The summed E-state index contributed by atoms with van der Waals surface area (Å²) in [4.78, 5) is 14.8. The van der Waals surface area contributed by atoms with Crippen LogP contribution in [0.15, 0.2) is 10.6 Å². The molecule has 3 nitrogen and oxygen atoms in total. The molecule has 11 heavy (non-hydrogen) atoms. The molecule has 0 spiro atoms. The minimum atomic E-state index is -0.0515. The molecule has 58 valence electrons. The maximum absolute atomic E-state index is 10.8. The molecule has 0 amide bonds. The third-order valence-corrected chi connectivity index (χ3v) is 1.80. The number of hydrogen-bond acceptors (Lipinski definition) is 3. The fourth-order valence-electron chi connectivity index (χ4n) is 0.969. The van der Waals surface area contributed by atoms with Gasteiger partial charge in [0.2, 0.25) is 0 Å². The van der Waals surface area contributed by atoms with E-state index in [4.69, 9.17) is 4.42 Å². The summed E-state index contributed by atoms with van der Waals surface area (Å²) in [6.45, 7) is 1.48. The van der Waals surface area contributed by atoms with Crippen molar-refractivity contribution >= 4 is 5.78 Å². The van der Waals surface area contributed by atoms with Gasteiger partial charge in [-0.1, -0.05) is 0 Å². The number of carbonyl (C=O) groups is 1. The van der Waals surface area contributed by atoms with E-state index in [0.29, 0.717) is 11.7 Å². The molecule has 1 fully saturated rings. The Kier molecular flexibility index (Phi) is 1.31. The van der Waals surface area contributed by atoms with Crippen molar-refractivity contribution in [3.63, 3.8) is 0 Å². The van der Waals surface area contributed by atoms with E-state index in [1.165, 1.54) is 13.1 Å². The number of nitrogens with zero attached hydrogens (tertiary/aromatic N) is 1. The van der Waals surface area contributed by atoms with Crippen LogP contribution in [0, 0.1) is 0 Å². The third-order valence-electron chi connectivity index (χ3n) is 1.80. The van der Waals surface area contributed by atoms with Gasteiger partial charge in [-0.15, -0.1) is 0 Å². The smallest absolute Gasteiger partial charge is 0.198 e. The van der Waals surface area contributed by atoms with Gasteiger partial charge in [-0.3, -0.25) is 4.79 Å². The second-order valence-corrected chi connectivity index (χ2v) is 2.89. The first-order valence-electron chi connectivity index (χ1n) is 3.74. The summed E-state index contributed by atoms with van der Waals surface area (Å²) in [6.07, 6.45) is 3.81. The molecule has 0 N–H and O–H groups in total. The van der Waals surface area contributed by atoms with Crippen LogP contribution in [-0.4, -0.2) is 10.8 Å². The van der Waals surface area contributed by atoms with Gasteiger partial charge in [0.15, 0.2) is 17.4 Å². The number of hydrogen-bond donors (Lipinski definition) is 0. The van der Waals surface area contributed by atoms with E-state index < -0.39 is 0 Å². The summed E-state index contributed by atoms with van der Waals surface area (Å²) in [7, 11) is 0. The van der Waals surface area contributed by atoms with Crippen molar-refractivity contribution in [2.24, 2.45) is 0 Å². The SMILES string of the molecule is CC(=O)c1cnc(C2CC2)o1. The van der Waals surface area contributed by atoms with Gasteiger partial charge in [-0.2, -0.15) is 0 Å². The molecule has 0 radical (unpaired) electrons. The summed E-state index contributed by atoms with van der Waals surface area (Å²) in [5.41, 5.74) is 0. The highest BCUT2D eigenvalue weighted by molar-refractivity contribution is 5.90. The topological polar surface area (TPSA) is 43.1 Å². The highest BCUT2D eigenvalue weighted by atomic mass is 16.4. The zero-order chi connectivity index (χ0) is 7.84. The Hall–Kier alpha value is -1.12. The Balaban J connectivity index is 2.25. The molecule has 0 bridgehead atoms. The maximum Gasteiger partial charge on any atom is 0.198 e. The standard InChI is InChI=1S/C8H9NO2/c1-5(10)7-4-9-8(11-7)6-2-3-6/h4,6H,2-3H2,1H3. The lowest BCUT2D eigenvalue weighted by Gasteiger charge is -1.85. The van der Waals surface area contributed by atoms with E-state index in [0.717, 1.165) is 18.7 Å². The first-order chi connectivity index (χ1) is 5.27. The van der Waals surface area contributed by atoms with Crippen LogP contribution in [0.4, 0.5) is 0 Å². The highest BCUT2D eigenvalue weighted by Crippen LogP contribution is 2.39. The van der Waals surface area contributed by atoms with E-state index >= 15 is 0 Å². The number of aromatic nitrogens is 1. The van der Waals surface area contributed by atoms with Crippen LogP contribution in [0.3, 0.4) is 0 Å². The average molecular weight is 151 g/mol. The van der Waals surface area contributed by atoms with Crippen LogP contribution in [0.5, 0.6) is 0 Å². The molecule has 1 saturated carbocycles. The van der Waals surface area contributed by atoms with E-state index in [1.807, 2.05) is 0 Å². The number of Topliss-reactive ketones (excluding diaryl/α,β-unsaturated/α-hetero) is 1. The molecule has 3 heteroatoms. The number of oxazole rings is 1. The highest BCUT2D eigenvalue weighted by Gasteiger charge is 2.28. The summed E-state index contributed by atoms with van der Waals surface area (Å²) in [5.74, 6) is 1.55. The molecule has 1 aliphatic carbocycles. The van der Waals surface area contributed by atoms with Gasteiger partial charge in [0.25, 0.3) is 0 Å². The van der Waals surface area contributed by atoms with E-state index in [2.05, 4.69) is 4.98 Å². The second-order valence-electron chi connectivity index (χ2n) is 2.89. The lowest BCUT2D eigenvalue weighted by molar-refractivity contribution is 0.0985. The van der Waals surface area contributed by atoms with Crippen molar-refractivity contribution in [3.05, 3.63) is 17.8 Å². The van der Waals surface area contributed by atoms with Gasteiger partial charge in [-0.25, -0.2) is 4.98 Å². The van der Waals surface area contributed by atoms with E-state index in [1.54, 1.807) is 0 Å². The maximum atomic E-state index is 10.8. The number of ketones is 1. The van der Waals surface area contributed by atoms with Crippen molar-refractivity contribution in [2.45, 2.75) is 25.7 Å². The van der Waals surface area contributed by atoms with E-state index in [-0.39, 0.29) is 5.78 Å². The largest absolute Gasteiger partial charge is 0.437 e. The molecule has 1 aromatic heterocycles. The number of carbonyl (C=O) groups excluding carboxylic acids is 1. The van der Waals surface area contributed by atoms with Gasteiger partial charge < -0.3 is 4.42 Å². The zero-order valence-corrected chi connectivity index (χ0v) is 6.33. The fraction of sp³-hybridized carbons (Fsp3) is 0.500. The molecule has 1 aromatic rings.